The van der Waals surface area contributed by atoms with E-state index in [0.717, 1.165) is 27.7 Å². The number of aryl methyl sites for hydroxylation is 2. The molecule has 0 saturated carbocycles. The zero-order valence-electron chi connectivity index (χ0n) is 19.4. The van der Waals surface area contributed by atoms with Crippen molar-refractivity contribution < 1.29 is 4.79 Å². The van der Waals surface area contributed by atoms with Gasteiger partial charge in [0.15, 0.2) is 5.65 Å². The van der Waals surface area contributed by atoms with Crippen molar-refractivity contribution >= 4 is 27.8 Å². The summed E-state index contributed by atoms with van der Waals surface area (Å²) >= 11 is 0. The van der Waals surface area contributed by atoms with Crippen LogP contribution in [0.25, 0.3) is 33.2 Å². The molecule has 0 bridgehead atoms. The van der Waals surface area contributed by atoms with Crippen molar-refractivity contribution in [3.05, 3.63) is 75.5 Å². The highest BCUT2D eigenvalue weighted by molar-refractivity contribution is 6.06. The number of hydrogen-bond acceptors (Lipinski definition) is 5. The number of carbonyl (C=O) groups is 1. The summed E-state index contributed by atoms with van der Waals surface area (Å²) in [5.41, 5.74) is 5.51. The zero-order chi connectivity index (χ0) is 24.0. The molecule has 4 heterocycles. The van der Waals surface area contributed by atoms with Gasteiger partial charge in [0.1, 0.15) is 0 Å². The van der Waals surface area contributed by atoms with Crippen molar-refractivity contribution in [2.45, 2.75) is 40.3 Å². The summed E-state index contributed by atoms with van der Waals surface area (Å²) in [6.45, 7) is 7.86. The third-order valence-corrected chi connectivity index (χ3v) is 5.96. The van der Waals surface area contributed by atoms with E-state index in [2.05, 4.69) is 25.6 Å². The highest BCUT2D eigenvalue weighted by Gasteiger charge is 2.19. The summed E-state index contributed by atoms with van der Waals surface area (Å²) in [5.74, 6) is -0.291. The molecule has 0 saturated heterocycles. The van der Waals surface area contributed by atoms with Gasteiger partial charge < -0.3 is 10.3 Å². The lowest BCUT2D eigenvalue weighted by atomic mass is 10.0. The first-order valence-corrected chi connectivity index (χ1v) is 11.1. The lowest BCUT2D eigenvalue weighted by molar-refractivity contribution is 0.0952. The molecule has 0 unspecified atom stereocenters. The molecular weight excluding hydrogens is 430 g/mol. The van der Waals surface area contributed by atoms with Gasteiger partial charge in [0.05, 0.1) is 34.6 Å². The first-order chi connectivity index (χ1) is 16.3. The maximum absolute atomic E-state index is 13.4. The van der Waals surface area contributed by atoms with Crippen LogP contribution in [0.15, 0.2) is 47.5 Å². The molecule has 4 aromatic heterocycles. The predicted molar refractivity (Wildman–Crippen MR) is 131 cm³/mol. The molecule has 0 aliphatic carbocycles. The maximum Gasteiger partial charge on any atom is 0.253 e. The third kappa shape index (κ3) is 3.75. The van der Waals surface area contributed by atoms with Crippen LogP contribution in [0, 0.1) is 13.8 Å². The minimum Gasteiger partial charge on any atom is -0.348 e. The van der Waals surface area contributed by atoms with Gasteiger partial charge in [-0.1, -0.05) is 6.07 Å². The van der Waals surface area contributed by atoms with Gasteiger partial charge in [0.25, 0.3) is 11.5 Å². The topological polar surface area (TPSA) is 121 Å². The van der Waals surface area contributed by atoms with E-state index in [4.69, 9.17) is 4.98 Å². The minimum atomic E-state index is -0.291. The zero-order valence-corrected chi connectivity index (χ0v) is 19.4. The lowest BCUT2D eigenvalue weighted by Crippen LogP contribution is -2.28. The van der Waals surface area contributed by atoms with Crippen LogP contribution >= 0.6 is 0 Å². The second-order valence-corrected chi connectivity index (χ2v) is 8.77. The second kappa shape index (κ2) is 8.26. The molecule has 9 heteroatoms. The summed E-state index contributed by atoms with van der Waals surface area (Å²) in [5, 5.41) is 16.0. The molecular formula is C25H25N7O2. The fourth-order valence-electron chi connectivity index (χ4n) is 4.20. The fourth-order valence-corrected chi connectivity index (χ4v) is 4.20. The second-order valence-electron chi connectivity index (χ2n) is 8.77. The number of aromatic amines is 2. The number of rotatable bonds is 5. The molecule has 9 nitrogen and oxygen atoms in total. The highest BCUT2D eigenvalue weighted by atomic mass is 16.1. The van der Waals surface area contributed by atoms with E-state index in [-0.39, 0.29) is 24.1 Å². The number of carbonyl (C=O) groups excluding carboxylic acids is 1. The van der Waals surface area contributed by atoms with E-state index < -0.39 is 0 Å². The SMILES string of the molecule is Cc1cc(C)c(CNC(=O)c2cc(-c3ccc4[nH]ncc4c3)nc3c2cnn3C(C)C)c(=O)[nH]1. The first kappa shape index (κ1) is 21.6. The van der Waals surface area contributed by atoms with Crippen LogP contribution in [0.3, 0.4) is 0 Å². The number of hydrogen-bond donors (Lipinski definition) is 3. The van der Waals surface area contributed by atoms with Gasteiger partial charge in [0, 0.05) is 34.8 Å². The van der Waals surface area contributed by atoms with Gasteiger partial charge >= 0.3 is 0 Å². The Kier molecular flexibility index (Phi) is 5.24. The first-order valence-electron chi connectivity index (χ1n) is 11.1. The van der Waals surface area contributed by atoms with Gasteiger partial charge in [0.2, 0.25) is 0 Å². The number of aromatic nitrogens is 6. The number of fused-ring (bicyclic) bond motifs is 2. The number of nitrogens with one attached hydrogen (secondary N) is 3. The molecule has 0 fully saturated rings. The Hall–Kier alpha value is -4.27. The van der Waals surface area contributed by atoms with Gasteiger partial charge in [-0.2, -0.15) is 10.2 Å². The summed E-state index contributed by atoms with van der Waals surface area (Å²) in [6.07, 6.45) is 3.43. The highest BCUT2D eigenvalue weighted by Crippen LogP contribution is 2.28. The van der Waals surface area contributed by atoms with Crippen molar-refractivity contribution in [2.24, 2.45) is 0 Å². The van der Waals surface area contributed by atoms with E-state index in [9.17, 15) is 9.59 Å². The Labute approximate surface area is 195 Å². The van der Waals surface area contributed by atoms with Crippen LogP contribution in [0.2, 0.25) is 0 Å². The van der Waals surface area contributed by atoms with Crippen LogP contribution in [0.5, 0.6) is 0 Å². The quantitative estimate of drug-likeness (QED) is 0.372. The molecule has 0 spiro atoms. The molecule has 1 amide bonds. The number of amides is 1. The Balaban J connectivity index is 1.58. The van der Waals surface area contributed by atoms with Crippen molar-refractivity contribution in [3.8, 4) is 11.3 Å². The molecule has 5 aromatic rings. The minimum absolute atomic E-state index is 0.0706. The number of benzene rings is 1. The van der Waals surface area contributed by atoms with Gasteiger partial charge in [-0.3, -0.25) is 14.7 Å². The Morgan fingerprint density at radius 2 is 1.97 bits per heavy atom. The van der Waals surface area contributed by atoms with E-state index in [0.29, 0.717) is 27.9 Å². The standard InChI is InChI=1S/C25H25N7O2/c1-13(2)32-23-20(12-28-32)18(24(33)26-11-19-14(3)7-15(4)29-25(19)34)9-22(30-23)16-5-6-21-17(8-16)10-27-31-21/h5-10,12-13H,11H2,1-4H3,(H,26,33)(H,27,31)(H,29,34). The normalized spacial score (nSPS) is 11.6. The van der Waals surface area contributed by atoms with E-state index in [1.54, 1.807) is 23.1 Å². The number of pyridine rings is 2. The predicted octanol–water partition coefficient (Wildman–Crippen LogP) is 3.79. The maximum atomic E-state index is 13.4. The van der Waals surface area contributed by atoms with Crippen LogP contribution in [-0.2, 0) is 6.54 Å². The van der Waals surface area contributed by atoms with E-state index in [1.165, 1.54) is 0 Å². The fraction of sp³-hybridized carbons (Fsp3) is 0.240. The van der Waals surface area contributed by atoms with Crippen molar-refractivity contribution in [3.63, 3.8) is 0 Å². The molecule has 1 aromatic carbocycles. The Morgan fingerprint density at radius 1 is 1.15 bits per heavy atom. The summed E-state index contributed by atoms with van der Waals surface area (Å²) < 4.78 is 1.81. The van der Waals surface area contributed by atoms with Crippen LogP contribution < -0.4 is 10.9 Å². The summed E-state index contributed by atoms with van der Waals surface area (Å²) in [4.78, 5) is 33.4. The molecule has 5 rings (SSSR count). The van der Waals surface area contributed by atoms with Crippen molar-refractivity contribution in [2.75, 3.05) is 0 Å². The van der Waals surface area contributed by atoms with Gasteiger partial charge in [-0.15, -0.1) is 0 Å². The largest absolute Gasteiger partial charge is 0.348 e. The molecule has 34 heavy (non-hydrogen) atoms. The average Bonchev–Trinajstić information content (AvgIpc) is 3.43. The van der Waals surface area contributed by atoms with E-state index in [1.807, 2.05) is 52.0 Å². The van der Waals surface area contributed by atoms with Gasteiger partial charge in [-0.25, -0.2) is 9.67 Å². The molecule has 0 aliphatic heterocycles. The monoisotopic (exact) mass is 455 g/mol. The summed E-state index contributed by atoms with van der Waals surface area (Å²) in [6, 6.07) is 9.61. The van der Waals surface area contributed by atoms with Crippen LogP contribution in [0.4, 0.5) is 0 Å². The average molecular weight is 456 g/mol. The molecule has 0 aliphatic rings. The lowest BCUT2D eigenvalue weighted by Gasteiger charge is -2.12. The Morgan fingerprint density at radius 3 is 2.74 bits per heavy atom. The number of H-pyrrole nitrogens is 2. The van der Waals surface area contributed by atoms with Gasteiger partial charge in [-0.05, 0) is 57.5 Å². The van der Waals surface area contributed by atoms with E-state index >= 15 is 0 Å². The van der Waals surface area contributed by atoms with Crippen molar-refractivity contribution in [1.29, 1.82) is 0 Å². The third-order valence-electron chi connectivity index (χ3n) is 5.96. The van der Waals surface area contributed by atoms with Crippen LogP contribution in [0.1, 0.15) is 47.1 Å². The molecule has 172 valence electrons. The molecule has 0 radical (unpaired) electrons. The van der Waals surface area contributed by atoms with Crippen molar-refractivity contribution in [1.82, 2.24) is 35.3 Å². The van der Waals surface area contributed by atoms with Crippen LogP contribution in [-0.4, -0.2) is 35.9 Å². The Bertz CT molecular complexity index is 1610. The number of nitrogens with zero attached hydrogens (tertiary/aromatic N) is 4. The molecule has 3 N–H and O–H groups in total. The smallest absolute Gasteiger partial charge is 0.253 e. The molecule has 0 atom stereocenters. The summed E-state index contributed by atoms with van der Waals surface area (Å²) in [7, 11) is 0.